The Hall–Kier alpha value is -3.35. The molecule has 0 aliphatic carbocycles. The van der Waals surface area contributed by atoms with Gasteiger partial charge in [0.2, 0.25) is 0 Å². The van der Waals surface area contributed by atoms with Crippen LogP contribution in [0.5, 0.6) is 5.75 Å². The van der Waals surface area contributed by atoms with Crippen LogP contribution in [0.3, 0.4) is 0 Å². The minimum atomic E-state index is -0.522. The summed E-state index contributed by atoms with van der Waals surface area (Å²) in [5.41, 5.74) is 12.6. The zero-order valence-corrected chi connectivity index (χ0v) is 12.0. The number of nitrogens with zero attached hydrogens (tertiary/aromatic N) is 1. The predicted molar refractivity (Wildman–Crippen MR) is 82.4 cm³/mol. The molecule has 1 heterocycles. The molecule has 0 amide bonds. The fourth-order valence-corrected chi connectivity index (χ4v) is 2.16. The van der Waals surface area contributed by atoms with Crippen LogP contribution in [0.25, 0.3) is 0 Å². The molecule has 0 saturated heterocycles. The molecule has 0 unspecified atom stereocenters. The van der Waals surface area contributed by atoms with Crippen LogP contribution in [0.1, 0.15) is 26.3 Å². The van der Waals surface area contributed by atoms with Crippen molar-refractivity contribution in [2.75, 3.05) is 0 Å². The second-order valence-electron chi connectivity index (χ2n) is 4.87. The summed E-state index contributed by atoms with van der Waals surface area (Å²) < 4.78 is 10.2. The molecule has 4 N–H and O–H groups in total. The molecule has 23 heavy (non-hydrogen) atoms. The highest BCUT2D eigenvalue weighted by Gasteiger charge is 2.21. The summed E-state index contributed by atoms with van der Waals surface area (Å²) in [6.45, 7) is 0.187. The lowest BCUT2D eigenvalue weighted by Crippen LogP contribution is -2.21. The van der Waals surface area contributed by atoms with Crippen molar-refractivity contribution < 1.29 is 19.1 Å². The van der Waals surface area contributed by atoms with Gasteiger partial charge in [0.25, 0.3) is 0 Å². The molecule has 2 aromatic carbocycles. The third kappa shape index (κ3) is 3.13. The number of nitrogens with two attached hydrogens (primary N) is 2. The highest BCUT2D eigenvalue weighted by Crippen LogP contribution is 2.25. The van der Waals surface area contributed by atoms with Crippen molar-refractivity contribution in [3.05, 3.63) is 59.2 Å². The Labute approximate surface area is 131 Å². The number of fused-ring (bicyclic) bond motifs is 1. The second-order valence-corrected chi connectivity index (χ2v) is 4.87. The second kappa shape index (κ2) is 5.80. The molecular weight excluding hydrogens is 298 g/mol. The Balaban J connectivity index is 1.74. The number of hydrogen-bond donors (Lipinski definition) is 2. The van der Waals surface area contributed by atoms with Crippen LogP contribution < -0.4 is 16.2 Å². The Morgan fingerprint density at radius 1 is 1.13 bits per heavy atom. The van der Waals surface area contributed by atoms with Gasteiger partial charge in [-0.05, 0) is 42.5 Å². The summed E-state index contributed by atoms with van der Waals surface area (Å²) in [5.74, 6) is -0.602. The highest BCUT2D eigenvalue weighted by atomic mass is 16.5. The van der Waals surface area contributed by atoms with Gasteiger partial charge in [0, 0.05) is 5.56 Å². The van der Waals surface area contributed by atoms with Crippen LogP contribution >= 0.6 is 0 Å². The van der Waals surface area contributed by atoms with Crippen molar-refractivity contribution in [3.8, 4) is 5.75 Å². The molecular formula is C16H13N3O4. The maximum absolute atomic E-state index is 12.1. The van der Waals surface area contributed by atoms with Crippen molar-refractivity contribution in [3.63, 3.8) is 0 Å². The number of carbonyl (C=O) groups is 2. The molecule has 0 atom stereocenters. The Morgan fingerprint density at radius 3 is 2.57 bits per heavy atom. The van der Waals surface area contributed by atoms with E-state index in [1.165, 1.54) is 0 Å². The number of rotatable bonds is 3. The van der Waals surface area contributed by atoms with Crippen molar-refractivity contribution in [1.82, 2.24) is 0 Å². The minimum Gasteiger partial charge on any atom is -0.457 e. The first-order valence-electron chi connectivity index (χ1n) is 6.75. The normalized spacial score (nSPS) is 12.3. The number of esters is 2. The van der Waals surface area contributed by atoms with Crippen LogP contribution in [0.15, 0.2) is 47.5 Å². The summed E-state index contributed by atoms with van der Waals surface area (Å²) in [5, 5.41) is 0. The van der Waals surface area contributed by atoms with E-state index in [1.54, 1.807) is 42.5 Å². The lowest BCUT2D eigenvalue weighted by atomic mass is 10.1. The zero-order chi connectivity index (χ0) is 16.4. The minimum absolute atomic E-state index is 0.0600. The van der Waals surface area contributed by atoms with E-state index in [1.807, 2.05) is 0 Å². The average Bonchev–Trinajstić information content (AvgIpc) is 2.88. The molecule has 0 aromatic heterocycles. The zero-order valence-electron chi connectivity index (χ0n) is 12.0. The first kappa shape index (κ1) is 14.6. The van der Waals surface area contributed by atoms with Gasteiger partial charge in [0.15, 0.2) is 5.96 Å². The number of benzene rings is 2. The Kier molecular flexibility index (Phi) is 3.68. The number of guanidine groups is 1. The van der Waals surface area contributed by atoms with Crippen LogP contribution in [0, 0.1) is 0 Å². The van der Waals surface area contributed by atoms with E-state index in [4.69, 9.17) is 20.9 Å². The molecule has 0 bridgehead atoms. The van der Waals surface area contributed by atoms with Gasteiger partial charge >= 0.3 is 11.9 Å². The maximum Gasteiger partial charge on any atom is 0.343 e. The van der Waals surface area contributed by atoms with Gasteiger partial charge < -0.3 is 20.9 Å². The van der Waals surface area contributed by atoms with Gasteiger partial charge in [-0.15, -0.1) is 0 Å². The Morgan fingerprint density at radius 2 is 1.87 bits per heavy atom. The molecule has 1 aliphatic rings. The first-order chi connectivity index (χ1) is 11.0. The topological polar surface area (TPSA) is 117 Å². The lowest BCUT2D eigenvalue weighted by Gasteiger charge is -2.05. The van der Waals surface area contributed by atoms with E-state index in [0.717, 1.165) is 0 Å². The molecule has 1 aliphatic heterocycles. The molecule has 7 heteroatoms. The number of aliphatic imine (C=N–C) groups is 1. The predicted octanol–water partition coefficient (Wildman–Crippen LogP) is 1.48. The molecule has 0 saturated carbocycles. The fraction of sp³-hybridized carbons (Fsp3) is 0.0625. The van der Waals surface area contributed by atoms with Crippen molar-refractivity contribution in [2.45, 2.75) is 6.61 Å². The van der Waals surface area contributed by atoms with E-state index in [2.05, 4.69) is 4.99 Å². The van der Waals surface area contributed by atoms with Gasteiger partial charge in [-0.3, -0.25) is 0 Å². The van der Waals surface area contributed by atoms with E-state index in [-0.39, 0.29) is 18.5 Å². The average molecular weight is 311 g/mol. The number of ether oxygens (including phenoxy) is 2. The SMILES string of the molecule is NC(N)=Nc1ccc(C(=O)Oc2ccc3c(c2)COC3=O)cc1. The smallest absolute Gasteiger partial charge is 0.343 e. The first-order valence-corrected chi connectivity index (χ1v) is 6.75. The quantitative estimate of drug-likeness (QED) is 0.384. The third-order valence-electron chi connectivity index (χ3n) is 3.23. The van der Waals surface area contributed by atoms with Crippen molar-refractivity contribution >= 4 is 23.6 Å². The van der Waals surface area contributed by atoms with Crippen LogP contribution in [-0.2, 0) is 11.3 Å². The monoisotopic (exact) mass is 311 g/mol. The van der Waals surface area contributed by atoms with E-state index in [0.29, 0.717) is 28.1 Å². The van der Waals surface area contributed by atoms with Crippen molar-refractivity contribution in [1.29, 1.82) is 0 Å². The van der Waals surface area contributed by atoms with Crippen molar-refractivity contribution in [2.24, 2.45) is 16.5 Å². The molecule has 7 nitrogen and oxygen atoms in total. The third-order valence-corrected chi connectivity index (χ3v) is 3.23. The highest BCUT2D eigenvalue weighted by molar-refractivity contribution is 5.94. The lowest BCUT2D eigenvalue weighted by molar-refractivity contribution is 0.0534. The summed E-state index contributed by atoms with van der Waals surface area (Å²) in [4.78, 5) is 27.3. The summed E-state index contributed by atoms with van der Waals surface area (Å²) in [6, 6.07) is 11.1. The largest absolute Gasteiger partial charge is 0.457 e. The van der Waals surface area contributed by atoms with Gasteiger partial charge in [-0.1, -0.05) is 0 Å². The molecule has 0 radical (unpaired) electrons. The van der Waals surface area contributed by atoms with Gasteiger partial charge in [0.05, 0.1) is 16.8 Å². The van der Waals surface area contributed by atoms with Gasteiger partial charge in [-0.25, -0.2) is 14.6 Å². The van der Waals surface area contributed by atoms with E-state index >= 15 is 0 Å². The van der Waals surface area contributed by atoms with E-state index in [9.17, 15) is 9.59 Å². The Bertz CT molecular complexity index is 809. The summed E-state index contributed by atoms with van der Waals surface area (Å²) in [7, 11) is 0. The standard InChI is InChI=1S/C16H13N3O4/c17-16(18)19-11-3-1-9(2-4-11)14(20)23-12-5-6-13-10(7-12)8-22-15(13)21/h1-7H,8H2,(H4,17,18,19). The van der Waals surface area contributed by atoms with Gasteiger partial charge in [-0.2, -0.15) is 0 Å². The molecule has 0 fully saturated rings. The molecule has 2 aromatic rings. The summed E-state index contributed by atoms with van der Waals surface area (Å²) in [6.07, 6.45) is 0. The molecule has 3 rings (SSSR count). The number of cyclic esters (lactones) is 1. The molecule has 0 spiro atoms. The van der Waals surface area contributed by atoms with Crippen LogP contribution in [0.4, 0.5) is 5.69 Å². The van der Waals surface area contributed by atoms with Gasteiger partial charge in [0.1, 0.15) is 12.4 Å². The number of hydrogen-bond acceptors (Lipinski definition) is 5. The van der Waals surface area contributed by atoms with Crippen LogP contribution in [-0.4, -0.2) is 17.9 Å². The molecule has 116 valence electrons. The maximum atomic E-state index is 12.1. The van der Waals surface area contributed by atoms with Crippen LogP contribution in [0.2, 0.25) is 0 Å². The van der Waals surface area contributed by atoms with E-state index < -0.39 is 5.97 Å². The number of carbonyl (C=O) groups excluding carboxylic acids is 2. The fourth-order valence-electron chi connectivity index (χ4n) is 2.16. The summed E-state index contributed by atoms with van der Waals surface area (Å²) >= 11 is 0.